The van der Waals surface area contributed by atoms with Gasteiger partial charge in [0.05, 0.1) is 5.71 Å². The highest BCUT2D eigenvalue weighted by atomic mass is 16.4. The number of rotatable bonds is 3. The van der Waals surface area contributed by atoms with E-state index >= 15 is 0 Å². The van der Waals surface area contributed by atoms with Gasteiger partial charge in [-0.05, 0) is 12.3 Å². The first-order valence-corrected chi connectivity index (χ1v) is 5.60. The molecule has 1 heterocycles. The summed E-state index contributed by atoms with van der Waals surface area (Å²) in [4.78, 5) is 2.48. The summed E-state index contributed by atoms with van der Waals surface area (Å²) in [5.74, 6) is 1.19. The van der Waals surface area contributed by atoms with Gasteiger partial charge in [-0.25, -0.2) is 0 Å². The summed E-state index contributed by atoms with van der Waals surface area (Å²) in [6.07, 6.45) is 2.01. The molecule has 1 atom stereocenters. The summed E-state index contributed by atoms with van der Waals surface area (Å²) >= 11 is 0. The molecule has 0 aromatic heterocycles. The van der Waals surface area contributed by atoms with Crippen molar-refractivity contribution in [2.75, 3.05) is 19.6 Å². The molecule has 1 rings (SSSR count). The molecule has 1 N–H and O–H groups in total. The van der Waals surface area contributed by atoms with Crippen LogP contribution >= 0.6 is 0 Å². The van der Waals surface area contributed by atoms with Gasteiger partial charge in [-0.1, -0.05) is 25.9 Å². The summed E-state index contributed by atoms with van der Waals surface area (Å²) in [7, 11) is 0. The molecule has 0 aliphatic carbocycles. The molecule has 0 aromatic carbocycles. The average molecular weight is 198 g/mol. The first kappa shape index (κ1) is 11.5. The standard InChI is InChI=1S/C11H22N2O/c1-4-10-8-13(7-9(2)3)6-5-11(10)12-14/h9-10,14H,4-8H2,1-3H3. The van der Waals surface area contributed by atoms with Gasteiger partial charge in [0, 0.05) is 32.0 Å². The van der Waals surface area contributed by atoms with Gasteiger partial charge in [-0.3, -0.25) is 0 Å². The number of oxime groups is 1. The lowest BCUT2D eigenvalue weighted by molar-refractivity contribution is 0.207. The number of nitrogens with zero attached hydrogens (tertiary/aromatic N) is 2. The molecule has 1 saturated heterocycles. The van der Waals surface area contributed by atoms with Crippen LogP contribution in [0, 0.1) is 11.8 Å². The maximum atomic E-state index is 8.83. The van der Waals surface area contributed by atoms with E-state index in [1.165, 1.54) is 0 Å². The highest BCUT2D eigenvalue weighted by molar-refractivity contribution is 5.87. The van der Waals surface area contributed by atoms with Crippen LogP contribution < -0.4 is 0 Å². The van der Waals surface area contributed by atoms with E-state index in [1.807, 2.05) is 0 Å². The van der Waals surface area contributed by atoms with E-state index in [4.69, 9.17) is 5.21 Å². The predicted molar refractivity (Wildman–Crippen MR) is 58.9 cm³/mol. The SMILES string of the molecule is CCC1CN(CC(C)C)CCC1=NO. The molecule has 0 saturated carbocycles. The van der Waals surface area contributed by atoms with Crippen molar-refractivity contribution in [1.29, 1.82) is 0 Å². The third-order valence-corrected chi connectivity index (χ3v) is 2.88. The van der Waals surface area contributed by atoms with Crippen LogP contribution in [0.25, 0.3) is 0 Å². The number of likely N-dealkylation sites (tertiary alicyclic amines) is 1. The Morgan fingerprint density at radius 2 is 2.29 bits per heavy atom. The van der Waals surface area contributed by atoms with Crippen molar-refractivity contribution >= 4 is 5.71 Å². The van der Waals surface area contributed by atoms with Crippen molar-refractivity contribution in [1.82, 2.24) is 4.90 Å². The highest BCUT2D eigenvalue weighted by Crippen LogP contribution is 2.18. The Hall–Kier alpha value is -0.570. The van der Waals surface area contributed by atoms with Gasteiger partial charge in [-0.2, -0.15) is 0 Å². The van der Waals surface area contributed by atoms with E-state index in [1.54, 1.807) is 0 Å². The van der Waals surface area contributed by atoms with Gasteiger partial charge in [0.15, 0.2) is 0 Å². The molecule has 3 heteroatoms. The first-order chi connectivity index (χ1) is 6.67. The fraction of sp³-hybridized carbons (Fsp3) is 0.909. The Morgan fingerprint density at radius 1 is 1.57 bits per heavy atom. The van der Waals surface area contributed by atoms with Crippen molar-refractivity contribution < 1.29 is 5.21 Å². The van der Waals surface area contributed by atoms with Crippen molar-refractivity contribution in [2.24, 2.45) is 17.0 Å². The topological polar surface area (TPSA) is 35.8 Å². The molecule has 0 amide bonds. The molecule has 82 valence electrons. The largest absolute Gasteiger partial charge is 0.411 e. The fourth-order valence-electron chi connectivity index (χ4n) is 2.16. The van der Waals surface area contributed by atoms with Crippen molar-refractivity contribution in [2.45, 2.75) is 33.6 Å². The van der Waals surface area contributed by atoms with E-state index in [0.29, 0.717) is 5.92 Å². The third kappa shape index (κ3) is 2.98. The van der Waals surface area contributed by atoms with E-state index in [9.17, 15) is 0 Å². The molecule has 0 spiro atoms. The second-order valence-electron chi connectivity index (χ2n) is 4.60. The average Bonchev–Trinajstić information content (AvgIpc) is 2.16. The Kier molecular flexibility index (Phi) is 4.39. The van der Waals surface area contributed by atoms with Crippen molar-refractivity contribution in [3.63, 3.8) is 0 Å². The number of hydrogen-bond acceptors (Lipinski definition) is 3. The minimum absolute atomic E-state index is 0.465. The molecule has 0 aromatic rings. The summed E-state index contributed by atoms with van der Waals surface area (Å²) in [5, 5.41) is 12.2. The number of piperidine rings is 1. The summed E-state index contributed by atoms with van der Waals surface area (Å²) in [6, 6.07) is 0. The quantitative estimate of drug-likeness (QED) is 0.557. The maximum Gasteiger partial charge on any atom is 0.0627 e. The summed E-state index contributed by atoms with van der Waals surface area (Å²) in [5.41, 5.74) is 0.993. The Labute approximate surface area is 86.8 Å². The Morgan fingerprint density at radius 3 is 2.79 bits per heavy atom. The van der Waals surface area contributed by atoms with Crippen LogP contribution in [-0.2, 0) is 0 Å². The van der Waals surface area contributed by atoms with Gasteiger partial charge in [0.2, 0.25) is 0 Å². The van der Waals surface area contributed by atoms with Crippen LogP contribution in [0.2, 0.25) is 0 Å². The molecule has 1 fully saturated rings. The van der Waals surface area contributed by atoms with Crippen LogP contribution in [0.1, 0.15) is 33.6 Å². The van der Waals surface area contributed by atoms with E-state index in [-0.39, 0.29) is 0 Å². The third-order valence-electron chi connectivity index (χ3n) is 2.88. The van der Waals surface area contributed by atoms with E-state index < -0.39 is 0 Å². The zero-order valence-corrected chi connectivity index (χ0v) is 9.53. The molecular weight excluding hydrogens is 176 g/mol. The zero-order chi connectivity index (χ0) is 10.6. The first-order valence-electron chi connectivity index (χ1n) is 5.60. The molecular formula is C11H22N2O. The Balaban J connectivity index is 2.48. The van der Waals surface area contributed by atoms with Gasteiger partial charge >= 0.3 is 0 Å². The van der Waals surface area contributed by atoms with Crippen LogP contribution in [0.3, 0.4) is 0 Å². The van der Waals surface area contributed by atoms with Crippen LogP contribution in [-0.4, -0.2) is 35.5 Å². The van der Waals surface area contributed by atoms with Gasteiger partial charge < -0.3 is 10.1 Å². The lowest BCUT2D eigenvalue weighted by Crippen LogP contribution is -2.42. The van der Waals surface area contributed by atoms with E-state index in [2.05, 4.69) is 30.8 Å². The molecule has 1 aliphatic rings. The number of hydrogen-bond donors (Lipinski definition) is 1. The van der Waals surface area contributed by atoms with Crippen LogP contribution in [0.15, 0.2) is 5.16 Å². The predicted octanol–water partition coefficient (Wildman–Crippen LogP) is 2.20. The van der Waals surface area contributed by atoms with Crippen molar-refractivity contribution in [3.05, 3.63) is 0 Å². The second-order valence-corrected chi connectivity index (χ2v) is 4.60. The smallest absolute Gasteiger partial charge is 0.0627 e. The lowest BCUT2D eigenvalue weighted by atomic mass is 9.93. The van der Waals surface area contributed by atoms with Crippen LogP contribution in [0.4, 0.5) is 0 Å². The summed E-state index contributed by atoms with van der Waals surface area (Å²) in [6.45, 7) is 9.93. The highest BCUT2D eigenvalue weighted by Gasteiger charge is 2.24. The minimum atomic E-state index is 0.465. The molecule has 1 unspecified atom stereocenters. The monoisotopic (exact) mass is 198 g/mol. The zero-order valence-electron chi connectivity index (χ0n) is 9.53. The maximum absolute atomic E-state index is 8.83. The van der Waals surface area contributed by atoms with Gasteiger partial charge in [-0.15, -0.1) is 0 Å². The second kappa shape index (κ2) is 5.35. The van der Waals surface area contributed by atoms with Gasteiger partial charge in [0.25, 0.3) is 0 Å². The molecule has 0 bridgehead atoms. The lowest BCUT2D eigenvalue weighted by Gasteiger charge is -2.33. The molecule has 0 radical (unpaired) electrons. The fourth-order valence-corrected chi connectivity index (χ4v) is 2.16. The molecule has 1 aliphatic heterocycles. The Bertz CT molecular complexity index is 201. The van der Waals surface area contributed by atoms with Gasteiger partial charge in [0.1, 0.15) is 0 Å². The minimum Gasteiger partial charge on any atom is -0.411 e. The normalized spacial score (nSPS) is 27.4. The van der Waals surface area contributed by atoms with E-state index in [0.717, 1.165) is 44.1 Å². The van der Waals surface area contributed by atoms with Crippen LogP contribution in [0.5, 0.6) is 0 Å². The molecule has 3 nitrogen and oxygen atoms in total. The summed E-state index contributed by atoms with van der Waals surface area (Å²) < 4.78 is 0. The molecule has 14 heavy (non-hydrogen) atoms. The van der Waals surface area contributed by atoms with Crippen molar-refractivity contribution in [3.8, 4) is 0 Å².